The fourth-order valence-corrected chi connectivity index (χ4v) is 5.28. The zero-order valence-electron chi connectivity index (χ0n) is 18.6. The van der Waals surface area contributed by atoms with E-state index in [0.717, 1.165) is 48.5 Å². The molecule has 9 heteroatoms. The Balaban J connectivity index is 1.40. The summed E-state index contributed by atoms with van der Waals surface area (Å²) in [6.07, 6.45) is -4.09. The van der Waals surface area contributed by atoms with Crippen molar-refractivity contribution >= 4 is 32.7 Å². The maximum atomic E-state index is 13.0. The van der Waals surface area contributed by atoms with Crippen molar-refractivity contribution in [2.75, 3.05) is 31.1 Å². The van der Waals surface area contributed by atoms with Crippen LogP contribution in [-0.2, 0) is 28.7 Å². The Kier molecular flexibility index (Phi) is 6.90. The first-order valence-corrected chi connectivity index (χ1v) is 11.7. The van der Waals surface area contributed by atoms with Gasteiger partial charge in [-0.1, -0.05) is 35.6 Å². The smallest absolute Gasteiger partial charge is 0.416 e. The van der Waals surface area contributed by atoms with Crippen molar-refractivity contribution in [1.82, 2.24) is 9.88 Å². The maximum Gasteiger partial charge on any atom is 0.416 e. The standard InChI is InChI=1S/C24H26F3N3O2S/c1-3-32-22(31)12-17-5-4-6-18(11-17)15-29-9-10-30(16(2)14-29)23-28-20-8-7-19(24(25,26)27)13-21(20)33-23/h4-8,11,13,16H,3,9-10,12,14-15H2,1-2H3/t16-/m1/s1. The summed E-state index contributed by atoms with van der Waals surface area (Å²) in [4.78, 5) is 20.9. The number of carbonyl (C=O) groups excluding carboxylic acids is 1. The van der Waals surface area contributed by atoms with E-state index < -0.39 is 11.7 Å². The minimum Gasteiger partial charge on any atom is -0.466 e. The molecule has 33 heavy (non-hydrogen) atoms. The highest BCUT2D eigenvalue weighted by Gasteiger charge is 2.31. The Bertz CT molecular complexity index is 1130. The second-order valence-electron chi connectivity index (χ2n) is 8.26. The number of hydrogen-bond donors (Lipinski definition) is 0. The second-order valence-corrected chi connectivity index (χ2v) is 9.27. The molecule has 1 saturated heterocycles. The molecule has 1 atom stereocenters. The average molecular weight is 478 g/mol. The van der Waals surface area contributed by atoms with Gasteiger partial charge in [0.25, 0.3) is 0 Å². The van der Waals surface area contributed by atoms with Crippen molar-refractivity contribution in [2.24, 2.45) is 0 Å². The molecule has 2 heterocycles. The number of carbonyl (C=O) groups is 1. The summed E-state index contributed by atoms with van der Waals surface area (Å²) in [6, 6.07) is 11.9. The number of alkyl halides is 3. The first kappa shape index (κ1) is 23.5. The Labute approximate surface area is 194 Å². The van der Waals surface area contributed by atoms with E-state index in [2.05, 4.69) is 27.8 Å². The van der Waals surface area contributed by atoms with Gasteiger partial charge in [0.2, 0.25) is 0 Å². The van der Waals surface area contributed by atoms with E-state index in [1.54, 1.807) is 6.92 Å². The molecule has 176 valence electrons. The molecule has 0 unspecified atom stereocenters. The molecule has 0 aliphatic carbocycles. The number of thiazole rings is 1. The Hall–Kier alpha value is -2.65. The fourth-order valence-electron chi connectivity index (χ4n) is 4.15. The van der Waals surface area contributed by atoms with Gasteiger partial charge in [-0.2, -0.15) is 13.2 Å². The molecule has 4 rings (SSSR count). The van der Waals surface area contributed by atoms with E-state index >= 15 is 0 Å². The zero-order valence-corrected chi connectivity index (χ0v) is 19.4. The number of rotatable bonds is 6. The van der Waals surface area contributed by atoms with Crippen molar-refractivity contribution in [2.45, 2.75) is 39.0 Å². The van der Waals surface area contributed by atoms with Crippen LogP contribution in [0.3, 0.4) is 0 Å². The zero-order chi connectivity index (χ0) is 23.6. The Morgan fingerprint density at radius 3 is 2.70 bits per heavy atom. The van der Waals surface area contributed by atoms with Gasteiger partial charge in [-0.15, -0.1) is 0 Å². The summed E-state index contributed by atoms with van der Waals surface area (Å²) in [5.41, 5.74) is 2.02. The molecule has 0 saturated carbocycles. The summed E-state index contributed by atoms with van der Waals surface area (Å²) < 4.78 is 44.7. The molecule has 0 spiro atoms. The fraction of sp³-hybridized carbons (Fsp3) is 0.417. The normalized spacial score (nSPS) is 17.5. The highest BCUT2D eigenvalue weighted by atomic mass is 32.1. The number of ether oxygens (including phenoxy) is 1. The minimum absolute atomic E-state index is 0.170. The van der Waals surface area contributed by atoms with Gasteiger partial charge in [0.1, 0.15) is 0 Å². The molecule has 1 fully saturated rings. The van der Waals surface area contributed by atoms with Crippen LogP contribution < -0.4 is 4.90 Å². The lowest BCUT2D eigenvalue weighted by Crippen LogP contribution is -2.51. The first-order valence-electron chi connectivity index (χ1n) is 10.9. The number of hydrogen-bond acceptors (Lipinski definition) is 6. The van der Waals surface area contributed by atoms with Crippen LogP contribution in [0.5, 0.6) is 0 Å². The van der Waals surface area contributed by atoms with Crippen molar-refractivity contribution in [3.63, 3.8) is 0 Å². The molecule has 0 bridgehead atoms. The molecule has 0 amide bonds. The molecule has 1 aromatic heterocycles. The molecule has 5 nitrogen and oxygen atoms in total. The summed E-state index contributed by atoms with van der Waals surface area (Å²) in [7, 11) is 0. The second kappa shape index (κ2) is 9.69. The summed E-state index contributed by atoms with van der Waals surface area (Å²) in [5, 5.41) is 0.757. The van der Waals surface area contributed by atoms with Crippen LogP contribution in [-0.4, -0.2) is 48.1 Å². The van der Waals surface area contributed by atoms with E-state index in [1.165, 1.54) is 23.5 Å². The van der Waals surface area contributed by atoms with Gasteiger partial charge in [-0.3, -0.25) is 9.69 Å². The van der Waals surface area contributed by atoms with Gasteiger partial charge in [0.15, 0.2) is 5.13 Å². The average Bonchev–Trinajstić information content (AvgIpc) is 3.16. The third-order valence-electron chi connectivity index (χ3n) is 5.71. The predicted octanol–water partition coefficient (Wildman–Crippen LogP) is 5.13. The van der Waals surface area contributed by atoms with Crippen LogP contribution in [0.15, 0.2) is 42.5 Å². The van der Waals surface area contributed by atoms with E-state index in [1.807, 2.05) is 18.2 Å². The SMILES string of the molecule is CCOC(=O)Cc1cccc(CN2CCN(c3nc4ccc(C(F)(F)F)cc4s3)[C@H](C)C2)c1. The number of piperazine rings is 1. The number of fused-ring (bicyclic) bond motifs is 1. The molecule has 1 aliphatic rings. The third kappa shape index (κ3) is 5.65. The van der Waals surface area contributed by atoms with Crippen LogP contribution in [0.2, 0.25) is 0 Å². The van der Waals surface area contributed by atoms with E-state index in [9.17, 15) is 18.0 Å². The number of anilines is 1. The monoisotopic (exact) mass is 477 g/mol. The summed E-state index contributed by atoms with van der Waals surface area (Å²) in [6.45, 7) is 7.42. The molecular formula is C24H26F3N3O2S. The molecule has 0 radical (unpaired) electrons. The molecule has 2 aromatic carbocycles. The maximum absolute atomic E-state index is 13.0. The van der Waals surface area contributed by atoms with Gasteiger partial charge in [0, 0.05) is 32.2 Å². The lowest BCUT2D eigenvalue weighted by Gasteiger charge is -2.39. The predicted molar refractivity (Wildman–Crippen MR) is 123 cm³/mol. The van der Waals surface area contributed by atoms with Crippen molar-refractivity contribution in [3.8, 4) is 0 Å². The number of aromatic nitrogens is 1. The Morgan fingerprint density at radius 2 is 1.97 bits per heavy atom. The molecular weight excluding hydrogens is 451 g/mol. The largest absolute Gasteiger partial charge is 0.466 e. The molecule has 0 N–H and O–H groups in total. The number of benzene rings is 2. The van der Waals surface area contributed by atoms with Crippen LogP contribution >= 0.6 is 11.3 Å². The Morgan fingerprint density at radius 1 is 1.18 bits per heavy atom. The summed E-state index contributed by atoms with van der Waals surface area (Å²) >= 11 is 1.31. The van der Waals surface area contributed by atoms with E-state index in [0.29, 0.717) is 16.8 Å². The first-order chi connectivity index (χ1) is 15.7. The van der Waals surface area contributed by atoms with Gasteiger partial charge in [-0.05, 0) is 43.2 Å². The van der Waals surface area contributed by atoms with E-state index in [4.69, 9.17) is 4.74 Å². The van der Waals surface area contributed by atoms with Gasteiger partial charge < -0.3 is 9.64 Å². The number of nitrogens with zero attached hydrogens (tertiary/aromatic N) is 3. The topological polar surface area (TPSA) is 45.7 Å². The summed E-state index contributed by atoms with van der Waals surface area (Å²) in [5.74, 6) is -0.227. The van der Waals surface area contributed by atoms with E-state index in [-0.39, 0.29) is 18.4 Å². The van der Waals surface area contributed by atoms with Crippen molar-refractivity contribution in [1.29, 1.82) is 0 Å². The highest BCUT2D eigenvalue weighted by molar-refractivity contribution is 7.22. The quantitative estimate of drug-likeness (QED) is 0.461. The lowest BCUT2D eigenvalue weighted by molar-refractivity contribution is -0.142. The van der Waals surface area contributed by atoms with Crippen LogP contribution in [0.4, 0.5) is 18.3 Å². The minimum atomic E-state index is -4.36. The van der Waals surface area contributed by atoms with Gasteiger partial charge in [0.05, 0.1) is 28.8 Å². The third-order valence-corrected chi connectivity index (χ3v) is 6.77. The highest BCUT2D eigenvalue weighted by Crippen LogP contribution is 2.36. The number of esters is 1. The molecule has 3 aromatic rings. The number of halogens is 3. The van der Waals surface area contributed by atoms with Crippen LogP contribution in [0.25, 0.3) is 10.2 Å². The van der Waals surface area contributed by atoms with Gasteiger partial charge in [-0.25, -0.2) is 4.98 Å². The lowest BCUT2D eigenvalue weighted by atomic mass is 10.1. The van der Waals surface area contributed by atoms with Crippen molar-refractivity contribution in [3.05, 3.63) is 59.2 Å². The van der Waals surface area contributed by atoms with Gasteiger partial charge >= 0.3 is 12.1 Å². The molecule has 1 aliphatic heterocycles. The van der Waals surface area contributed by atoms with Crippen LogP contribution in [0, 0.1) is 0 Å². The van der Waals surface area contributed by atoms with Crippen molar-refractivity contribution < 1.29 is 22.7 Å². The van der Waals surface area contributed by atoms with Crippen LogP contribution in [0.1, 0.15) is 30.5 Å².